The number of carbonyl (C=O) groups excluding carboxylic acids is 1. The summed E-state index contributed by atoms with van der Waals surface area (Å²) in [6.45, 7) is 2.21. The number of thiazole rings is 1. The Morgan fingerprint density at radius 2 is 2.09 bits per heavy atom. The van der Waals surface area contributed by atoms with Crippen molar-refractivity contribution >= 4 is 17.2 Å². The van der Waals surface area contributed by atoms with Crippen LogP contribution in [0, 0.1) is 12.7 Å². The van der Waals surface area contributed by atoms with Crippen LogP contribution in [0.5, 0.6) is 0 Å². The predicted octanol–water partition coefficient (Wildman–Crippen LogP) is 3.58. The van der Waals surface area contributed by atoms with Crippen LogP contribution in [0.1, 0.15) is 20.9 Å². The number of hydrogen-bond donors (Lipinski definition) is 1. The van der Waals surface area contributed by atoms with Gasteiger partial charge in [0.25, 0.3) is 5.91 Å². The van der Waals surface area contributed by atoms with Crippen molar-refractivity contribution in [1.29, 1.82) is 0 Å². The molecule has 1 aromatic carbocycles. The molecule has 0 bridgehead atoms. The molecule has 1 N–H and O–H groups in total. The minimum absolute atomic E-state index is 0.0437. The van der Waals surface area contributed by atoms with Crippen LogP contribution in [0.2, 0.25) is 0 Å². The number of aryl methyl sites for hydroxylation is 1. The molecule has 4 nitrogen and oxygen atoms in total. The van der Waals surface area contributed by atoms with Gasteiger partial charge in [0.05, 0.1) is 17.8 Å². The van der Waals surface area contributed by atoms with Gasteiger partial charge in [0, 0.05) is 22.8 Å². The van der Waals surface area contributed by atoms with Gasteiger partial charge < -0.3 is 5.32 Å². The molecule has 0 aliphatic rings. The quantitative estimate of drug-likeness (QED) is 0.797. The van der Waals surface area contributed by atoms with Gasteiger partial charge in [0.15, 0.2) is 0 Å². The van der Waals surface area contributed by atoms with Crippen LogP contribution < -0.4 is 5.32 Å². The molecule has 116 valence electrons. The molecule has 0 saturated carbocycles. The van der Waals surface area contributed by atoms with Crippen molar-refractivity contribution in [1.82, 2.24) is 15.3 Å². The first-order valence-corrected chi connectivity index (χ1v) is 7.86. The van der Waals surface area contributed by atoms with Crippen LogP contribution >= 0.6 is 11.3 Å². The Labute approximate surface area is 137 Å². The minimum Gasteiger partial charge on any atom is -0.347 e. The van der Waals surface area contributed by atoms with Crippen molar-refractivity contribution < 1.29 is 9.18 Å². The fourth-order valence-corrected chi connectivity index (χ4v) is 3.10. The standard InChI is InChI=1S/C17H14FN3OS/c1-11-15(23-17(21-11)12-5-4-8-19-9-12)10-20-16(22)13-6-2-3-7-14(13)18/h2-9H,10H2,1H3,(H,20,22). The highest BCUT2D eigenvalue weighted by atomic mass is 32.1. The molecular formula is C17H14FN3OS. The molecule has 0 aliphatic heterocycles. The molecule has 2 aromatic heterocycles. The maximum absolute atomic E-state index is 13.6. The molecule has 23 heavy (non-hydrogen) atoms. The van der Waals surface area contributed by atoms with Gasteiger partial charge in [0.2, 0.25) is 0 Å². The zero-order chi connectivity index (χ0) is 16.2. The van der Waals surface area contributed by atoms with E-state index in [1.54, 1.807) is 24.5 Å². The molecule has 0 aliphatic carbocycles. The molecule has 0 radical (unpaired) electrons. The fourth-order valence-electron chi connectivity index (χ4n) is 2.11. The monoisotopic (exact) mass is 327 g/mol. The van der Waals surface area contributed by atoms with Crippen LogP contribution in [0.4, 0.5) is 4.39 Å². The Kier molecular flexibility index (Phi) is 4.43. The Morgan fingerprint density at radius 3 is 2.83 bits per heavy atom. The average Bonchev–Trinajstić information content (AvgIpc) is 2.95. The minimum atomic E-state index is -0.526. The number of halogens is 1. The number of rotatable bonds is 4. The first kappa shape index (κ1) is 15.3. The number of nitrogens with zero attached hydrogens (tertiary/aromatic N) is 2. The van der Waals surface area contributed by atoms with Crippen molar-refractivity contribution in [3.8, 4) is 10.6 Å². The van der Waals surface area contributed by atoms with Crippen LogP contribution in [-0.4, -0.2) is 15.9 Å². The van der Waals surface area contributed by atoms with Gasteiger partial charge in [0.1, 0.15) is 10.8 Å². The number of carbonyl (C=O) groups is 1. The third-order valence-electron chi connectivity index (χ3n) is 3.33. The summed E-state index contributed by atoms with van der Waals surface area (Å²) in [4.78, 5) is 21.6. The Morgan fingerprint density at radius 1 is 1.26 bits per heavy atom. The van der Waals surface area contributed by atoms with Crippen molar-refractivity contribution in [2.24, 2.45) is 0 Å². The second-order valence-corrected chi connectivity index (χ2v) is 6.02. The van der Waals surface area contributed by atoms with Gasteiger partial charge in [-0.1, -0.05) is 12.1 Å². The zero-order valence-electron chi connectivity index (χ0n) is 12.4. The topological polar surface area (TPSA) is 54.9 Å². The van der Waals surface area contributed by atoms with Crippen LogP contribution in [-0.2, 0) is 6.54 Å². The highest BCUT2D eigenvalue weighted by Crippen LogP contribution is 2.27. The summed E-state index contributed by atoms with van der Waals surface area (Å²) in [5, 5.41) is 3.59. The second kappa shape index (κ2) is 6.66. The van der Waals surface area contributed by atoms with Crippen molar-refractivity contribution in [3.05, 3.63) is 70.7 Å². The highest BCUT2D eigenvalue weighted by molar-refractivity contribution is 7.15. The van der Waals surface area contributed by atoms with Gasteiger partial charge in [-0.2, -0.15) is 0 Å². The number of aromatic nitrogens is 2. The van der Waals surface area contributed by atoms with E-state index in [9.17, 15) is 9.18 Å². The molecule has 0 fully saturated rings. The van der Waals surface area contributed by atoms with Gasteiger partial charge in [-0.25, -0.2) is 9.37 Å². The van der Waals surface area contributed by atoms with Gasteiger partial charge in [-0.15, -0.1) is 11.3 Å². The molecule has 1 amide bonds. The van der Waals surface area contributed by atoms with E-state index in [0.29, 0.717) is 6.54 Å². The third kappa shape index (κ3) is 3.43. The molecule has 0 atom stereocenters. The van der Waals surface area contributed by atoms with Crippen LogP contribution in [0.3, 0.4) is 0 Å². The van der Waals surface area contributed by atoms with E-state index >= 15 is 0 Å². The summed E-state index contributed by atoms with van der Waals surface area (Å²) < 4.78 is 13.6. The summed E-state index contributed by atoms with van der Waals surface area (Å²) in [5.74, 6) is -0.957. The largest absolute Gasteiger partial charge is 0.347 e. The molecule has 6 heteroatoms. The summed E-state index contributed by atoms with van der Waals surface area (Å²) in [7, 11) is 0. The van der Waals surface area contributed by atoms with E-state index in [2.05, 4.69) is 15.3 Å². The first-order valence-electron chi connectivity index (χ1n) is 7.04. The number of benzene rings is 1. The molecule has 2 heterocycles. The average molecular weight is 327 g/mol. The Balaban J connectivity index is 1.73. The molecule has 0 unspecified atom stereocenters. The molecule has 0 saturated heterocycles. The molecule has 3 rings (SSSR count). The van der Waals surface area contributed by atoms with Crippen LogP contribution in [0.15, 0.2) is 48.8 Å². The lowest BCUT2D eigenvalue weighted by molar-refractivity contribution is 0.0947. The van der Waals surface area contributed by atoms with Gasteiger partial charge in [-0.3, -0.25) is 9.78 Å². The molecule has 0 spiro atoms. The first-order chi connectivity index (χ1) is 11.1. The van der Waals surface area contributed by atoms with Gasteiger partial charge >= 0.3 is 0 Å². The van der Waals surface area contributed by atoms with E-state index in [-0.39, 0.29) is 5.56 Å². The number of hydrogen-bond acceptors (Lipinski definition) is 4. The van der Waals surface area contributed by atoms with Crippen molar-refractivity contribution in [2.45, 2.75) is 13.5 Å². The maximum Gasteiger partial charge on any atom is 0.254 e. The fraction of sp³-hybridized carbons (Fsp3) is 0.118. The van der Waals surface area contributed by atoms with Gasteiger partial charge in [-0.05, 0) is 31.2 Å². The predicted molar refractivity (Wildman–Crippen MR) is 87.7 cm³/mol. The van der Waals surface area contributed by atoms with E-state index in [1.165, 1.54) is 23.5 Å². The lowest BCUT2D eigenvalue weighted by atomic mass is 10.2. The van der Waals surface area contributed by atoms with E-state index in [0.717, 1.165) is 21.1 Å². The Hall–Kier alpha value is -2.60. The van der Waals surface area contributed by atoms with E-state index in [1.807, 2.05) is 19.1 Å². The van der Waals surface area contributed by atoms with E-state index < -0.39 is 11.7 Å². The third-order valence-corrected chi connectivity index (χ3v) is 4.54. The van der Waals surface area contributed by atoms with Crippen molar-refractivity contribution in [3.63, 3.8) is 0 Å². The number of pyridine rings is 1. The lowest BCUT2D eigenvalue weighted by Crippen LogP contribution is -2.23. The number of nitrogens with one attached hydrogen (secondary N) is 1. The summed E-state index contributed by atoms with van der Waals surface area (Å²) in [6.07, 6.45) is 3.46. The highest BCUT2D eigenvalue weighted by Gasteiger charge is 2.13. The second-order valence-electron chi connectivity index (χ2n) is 4.93. The Bertz CT molecular complexity index is 833. The lowest BCUT2D eigenvalue weighted by Gasteiger charge is -2.05. The normalized spacial score (nSPS) is 10.5. The van der Waals surface area contributed by atoms with E-state index in [4.69, 9.17) is 0 Å². The number of amides is 1. The maximum atomic E-state index is 13.6. The van der Waals surface area contributed by atoms with Crippen molar-refractivity contribution in [2.75, 3.05) is 0 Å². The molecular weight excluding hydrogens is 313 g/mol. The zero-order valence-corrected chi connectivity index (χ0v) is 13.2. The summed E-state index contributed by atoms with van der Waals surface area (Å²) in [5.41, 5.74) is 1.83. The van der Waals surface area contributed by atoms with Crippen LogP contribution in [0.25, 0.3) is 10.6 Å². The SMILES string of the molecule is Cc1nc(-c2cccnc2)sc1CNC(=O)c1ccccc1F. The summed E-state index contributed by atoms with van der Waals surface area (Å²) in [6, 6.07) is 9.72. The smallest absolute Gasteiger partial charge is 0.254 e. The molecule has 3 aromatic rings. The summed E-state index contributed by atoms with van der Waals surface area (Å²) >= 11 is 1.49.